The number of nitrogens with zero attached hydrogens (tertiary/aromatic N) is 2. The molecule has 5 heteroatoms. The summed E-state index contributed by atoms with van der Waals surface area (Å²) in [5, 5.41) is 5.78. The van der Waals surface area contributed by atoms with Gasteiger partial charge in [-0.2, -0.15) is 0 Å². The Bertz CT molecular complexity index is 625. The van der Waals surface area contributed by atoms with Crippen molar-refractivity contribution in [3.63, 3.8) is 0 Å². The highest BCUT2D eigenvalue weighted by atomic mass is 16.1. The molecule has 0 aliphatic heterocycles. The third-order valence-corrected chi connectivity index (χ3v) is 2.69. The highest BCUT2D eigenvalue weighted by Crippen LogP contribution is 2.17. The van der Waals surface area contributed by atoms with Crippen molar-refractivity contribution >= 4 is 17.5 Å². The van der Waals surface area contributed by atoms with Gasteiger partial charge in [0, 0.05) is 18.4 Å². The monoisotopic (exact) mass is 268 g/mol. The second-order valence-corrected chi connectivity index (χ2v) is 4.20. The van der Waals surface area contributed by atoms with Crippen molar-refractivity contribution in [1.82, 2.24) is 15.3 Å². The Balaban J connectivity index is 2.16. The van der Waals surface area contributed by atoms with E-state index in [9.17, 15) is 4.79 Å². The van der Waals surface area contributed by atoms with Gasteiger partial charge in [0.05, 0.1) is 0 Å². The maximum Gasteiger partial charge on any atom is 0.270 e. The maximum absolute atomic E-state index is 11.8. The van der Waals surface area contributed by atoms with Crippen LogP contribution >= 0.6 is 0 Å². The summed E-state index contributed by atoms with van der Waals surface area (Å²) in [5.74, 6) is 0.144. The van der Waals surface area contributed by atoms with Gasteiger partial charge < -0.3 is 10.6 Å². The van der Waals surface area contributed by atoms with Crippen LogP contribution in [0.3, 0.4) is 0 Å². The van der Waals surface area contributed by atoms with Crippen molar-refractivity contribution in [2.75, 3.05) is 11.9 Å². The zero-order valence-electron chi connectivity index (χ0n) is 11.3. The first kappa shape index (κ1) is 13.7. The second-order valence-electron chi connectivity index (χ2n) is 4.20. The van der Waals surface area contributed by atoms with E-state index >= 15 is 0 Å². The number of amides is 1. The Morgan fingerprint density at radius 1 is 1.35 bits per heavy atom. The predicted molar refractivity (Wildman–Crippen MR) is 79.0 cm³/mol. The molecule has 2 aromatic rings. The van der Waals surface area contributed by atoms with Gasteiger partial charge in [-0.25, -0.2) is 9.97 Å². The van der Waals surface area contributed by atoms with Crippen molar-refractivity contribution in [3.05, 3.63) is 60.4 Å². The highest BCUT2D eigenvalue weighted by molar-refractivity contribution is 5.92. The summed E-state index contributed by atoms with van der Waals surface area (Å²) in [6.45, 7) is 5.94. The van der Waals surface area contributed by atoms with E-state index in [4.69, 9.17) is 0 Å². The molecular weight excluding hydrogens is 252 g/mol. The molecule has 1 aromatic heterocycles. The number of aryl methyl sites for hydroxylation is 1. The van der Waals surface area contributed by atoms with Crippen molar-refractivity contribution in [2.45, 2.75) is 6.92 Å². The molecule has 0 fully saturated rings. The van der Waals surface area contributed by atoms with E-state index in [1.807, 2.05) is 31.2 Å². The van der Waals surface area contributed by atoms with Gasteiger partial charge in [0.25, 0.3) is 5.91 Å². The molecule has 0 spiro atoms. The summed E-state index contributed by atoms with van der Waals surface area (Å²) >= 11 is 0. The van der Waals surface area contributed by atoms with E-state index in [2.05, 4.69) is 27.2 Å². The molecule has 0 saturated carbocycles. The number of para-hydroxylation sites is 1. The van der Waals surface area contributed by atoms with Gasteiger partial charge in [0.15, 0.2) is 0 Å². The first-order valence-electron chi connectivity index (χ1n) is 6.25. The first-order chi connectivity index (χ1) is 9.70. The molecule has 0 aliphatic rings. The molecule has 2 rings (SSSR count). The fraction of sp³-hybridized carbons (Fsp3) is 0.133. The molecular formula is C15H16N4O. The number of carbonyl (C=O) groups excluding carboxylic acids is 1. The van der Waals surface area contributed by atoms with Crippen molar-refractivity contribution in [1.29, 1.82) is 0 Å². The van der Waals surface area contributed by atoms with Crippen LogP contribution in [0.15, 0.2) is 49.2 Å². The van der Waals surface area contributed by atoms with Crippen LogP contribution in [0.5, 0.6) is 0 Å². The minimum absolute atomic E-state index is 0.250. The second kappa shape index (κ2) is 6.47. The fourth-order valence-corrected chi connectivity index (χ4v) is 1.63. The average molecular weight is 268 g/mol. The lowest BCUT2D eigenvalue weighted by atomic mass is 10.2. The smallest absolute Gasteiger partial charge is 0.270 e. The van der Waals surface area contributed by atoms with Gasteiger partial charge in [-0.1, -0.05) is 24.3 Å². The molecule has 1 aromatic carbocycles. The lowest BCUT2D eigenvalue weighted by Crippen LogP contribution is -2.24. The summed E-state index contributed by atoms with van der Waals surface area (Å²) in [6, 6.07) is 9.38. The van der Waals surface area contributed by atoms with Crippen molar-refractivity contribution in [3.8, 4) is 0 Å². The molecule has 0 atom stereocenters. The number of nitrogens with one attached hydrogen (secondary N) is 2. The van der Waals surface area contributed by atoms with Crippen LogP contribution in [0.2, 0.25) is 0 Å². The molecule has 20 heavy (non-hydrogen) atoms. The highest BCUT2D eigenvalue weighted by Gasteiger charge is 2.08. The average Bonchev–Trinajstić information content (AvgIpc) is 2.47. The lowest BCUT2D eigenvalue weighted by Gasteiger charge is -2.08. The quantitative estimate of drug-likeness (QED) is 0.817. The third-order valence-electron chi connectivity index (χ3n) is 2.69. The standard InChI is InChI=1S/C15H16N4O/c1-3-9-16-14(20)13-8-10-17-15(19-13)18-12-7-5-4-6-11(12)2/h3-8,10H,1,9H2,2H3,(H,16,20)(H,17,18,19). The number of rotatable bonds is 5. The van der Waals surface area contributed by atoms with Gasteiger partial charge in [0.2, 0.25) is 5.95 Å². The molecule has 0 unspecified atom stereocenters. The van der Waals surface area contributed by atoms with Crippen LogP contribution in [0.1, 0.15) is 16.1 Å². The van der Waals surface area contributed by atoms with Gasteiger partial charge in [-0.3, -0.25) is 4.79 Å². The third kappa shape index (κ3) is 3.41. The number of hydrogen-bond acceptors (Lipinski definition) is 4. The van der Waals surface area contributed by atoms with Gasteiger partial charge in [-0.15, -0.1) is 6.58 Å². The zero-order chi connectivity index (χ0) is 14.4. The molecule has 2 N–H and O–H groups in total. The predicted octanol–water partition coefficient (Wildman–Crippen LogP) is 2.44. The summed E-state index contributed by atoms with van der Waals surface area (Å²) < 4.78 is 0. The summed E-state index contributed by atoms with van der Waals surface area (Å²) in [5.41, 5.74) is 2.31. The van der Waals surface area contributed by atoms with Crippen molar-refractivity contribution in [2.24, 2.45) is 0 Å². The van der Waals surface area contributed by atoms with E-state index in [1.54, 1.807) is 18.3 Å². The summed E-state index contributed by atoms with van der Waals surface area (Å²) in [7, 11) is 0. The topological polar surface area (TPSA) is 66.9 Å². The number of aromatic nitrogens is 2. The minimum atomic E-state index is -0.250. The number of anilines is 2. The molecule has 1 heterocycles. The van der Waals surface area contributed by atoms with E-state index in [-0.39, 0.29) is 5.91 Å². The molecule has 0 bridgehead atoms. The molecule has 1 amide bonds. The number of benzene rings is 1. The number of hydrogen-bond donors (Lipinski definition) is 2. The van der Waals surface area contributed by atoms with Gasteiger partial charge in [-0.05, 0) is 24.6 Å². The molecule has 0 radical (unpaired) electrons. The van der Waals surface area contributed by atoms with Crippen molar-refractivity contribution < 1.29 is 4.79 Å². The van der Waals surface area contributed by atoms with Crippen LogP contribution in [0.25, 0.3) is 0 Å². The number of carbonyl (C=O) groups is 1. The summed E-state index contributed by atoms with van der Waals surface area (Å²) in [4.78, 5) is 20.1. The molecule has 0 aliphatic carbocycles. The Kier molecular flexibility index (Phi) is 4.44. The van der Waals surface area contributed by atoms with E-state index in [0.717, 1.165) is 11.3 Å². The SMILES string of the molecule is C=CCNC(=O)c1ccnc(Nc2ccccc2C)n1. The maximum atomic E-state index is 11.8. The zero-order valence-corrected chi connectivity index (χ0v) is 11.3. The molecule has 102 valence electrons. The summed E-state index contributed by atoms with van der Waals surface area (Å²) in [6.07, 6.45) is 3.17. The Labute approximate surface area is 117 Å². The van der Waals surface area contributed by atoms with Gasteiger partial charge in [0.1, 0.15) is 5.69 Å². The van der Waals surface area contributed by atoms with E-state index < -0.39 is 0 Å². The van der Waals surface area contributed by atoms with Crippen LogP contribution < -0.4 is 10.6 Å². The van der Waals surface area contributed by atoms with Crippen LogP contribution in [0.4, 0.5) is 11.6 Å². The van der Waals surface area contributed by atoms with Crippen LogP contribution in [-0.2, 0) is 0 Å². The fourth-order valence-electron chi connectivity index (χ4n) is 1.63. The minimum Gasteiger partial charge on any atom is -0.347 e. The first-order valence-corrected chi connectivity index (χ1v) is 6.25. The molecule has 5 nitrogen and oxygen atoms in total. The Hall–Kier alpha value is -2.69. The van der Waals surface area contributed by atoms with E-state index in [1.165, 1.54) is 0 Å². The Morgan fingerprint density at radius 3 is 2.90 bits per heavy atom. The van der Waals surface area contributed by atoms with Crippen LogP contribution in [-0.4, -0.2) is 22.4 Å². The Morgan fingerprint density at radius 2 is 2.15 bits per heavy atom. The normalized spacial score (nSPS) is 9.85. The van der Waals surface area contributed by atoms with Crippen LogP contribution in [0, 0.1) is 6.92 Å². The largest absolute Gasteiger partial charge is 0.347 e. The molecule has 0 saturated heterocycles. The van der Waals surface area contributed by atoms with E-state index in [0.29, 0.717) is 18.2 Å². The lowest BCUT2D eigenvalue weighted by molar-refractivity contribution is 0.0953. The van der Waals surface area contributed by atoms with Gasteiger partial charge >= 0.3 is 0 Å².